The molecule has 0 spiro atoms. The number of hydrogen-bond donors (Lipinski definition) is 1. The van der Waals surface area contributed by atoms with E-state index < -0.39 is 21.9 Å². The predicted molar refractivity (Wildman–Crippen MR) is 131 cm³/mol. The second-order valence-electron chi connectivity index (χ2n) is 9.14. The van der Waals surface area contributed by atoms with Crippen LogP contribution in [0.25, 0.3) is 0 Å². The molecule has 0 saturated heterocycles. The zero-order valence-corrected chi connectivity index (χ0v) is 21.4. The summed E-state index contributed by atoms with van der Waals surface area (Å²) in [7, 11) is -2.34. The fourth-order valence-corrected chi connectivity index (χ4v) is 7.04. The second-order valence-corrected chi connectivity index (χ2v) is 12.2. The van der Waals surface area contributed by atoms with Crippen molar-refractivity contribution in [3.05, 3.63) is 45.8 Å². The largest absolute Gasteiger partial charge is 0.465 e. The molecule has 2 aromatic rings. The molecule has 0 saturated carbocycles. The molecule has 1 aliphatic carbocycles. The van der Waals surface area contributed by atoms with Gasteiger partial charge in [-0.1, -0.05) is 27.7 Å². The molecule has 0 unspecified atom stereocenters. The highest BCUT2D eigenvalue weighted by atomic mass is 32.2. The average Bonchev–Trinajstić information content (AvgIpc) is 3.33. The molecule has 9 heteroatoms. The molecule has 0 fully saturated rings. The Kier molecular flexibility index (Phi) is 7.97. The minimum atomic E-state index is -3.67. The number of fused-ring (bicyclic) bond motifs is 1. The summed E-state index contributed by atoms with van der Waals surface area (Å²) in [5.74, 6) is -0.466. The maximum absolute atomic E-state index is 13.2. The van der Waals surface area contributed by atoms with E-state index in [0.717, 1.165) is 29.7 Å². The van der Waals surface area contributed by atoms with Crippen molar-refractivity contribution in [3.8, 4) is 0 Å². The number of amides is 1. The van der Waals surface area contributed by atoms with Crippen LogP contribution < -0.4 is 5.32 Å². The van der Waals surface area contributed by atoms with Crippen molar-refractivity contribution in [3.63, 3.8) is 0 Å². The molecular formula is C24H32N2O5S2. The molecule has 1 heterocycles. The summed E-state index contributed by atoms with van der Waals surface area (Å²) >= 11 is 1.40. The SMILES string of the molecule is COC(=O)c1c(NC(=O)c2ccc(S(=O)(=O)N(CC(C)C)CC(C)C)cc2)sc2c1CCC2. The van der Waals surface area contributed by atoms with Crippen molar-refractivity contribution >= 4 is 38.2 Å². The van der Waals surface area contributed by atoms with Gasteiger partial charge in [-0.3, -0.25) is 4.79 Å². The number of nitrogens with zero attached hydrogens (tertiary/aromatic N) is 1. The van der Waals surface area contributed by atoms with E-state index >= 15 is 0 Å². The summed E-state index contributed by atoms with van der Waals surface area (Å²) in [6.45, 7) is 8.81. The number of rotatable bonds is 9. The number of anilines is 1. The molecule has 0 atom stereocenters. The summed E-state index contributed by atoms with van der Waals surface area (Å²) < 4.78 is 32.8. The first-order valence-corrected chi connectivity index (χ1v) is 13.4. The van der Waals surface area contributed by atoms with Crippen LogP contribution in [-0.4, -0.2) is 44.8 Å². The Morgan fingerprint density at radius 1 is 1.06 bits per heavy atom. The van der Waals surface area contributed by atoms with E-state index in [4.69, 9.17) is 4.74 Å². The van der Waals surface area contributed by atoms with E-state index in [-0.39, 0.29) is 16.7 Å². The second kappa shape index (κ2) is 10.4. The number of nitrogens with one attached hydrogen (secondary N) is 1. The third-order valence-corrected chi connectivity index (χ3v) is 8.48. The Balaban J connectivity index is 1.82. The molecular weight excluding hydrogens is 460 g/mol. The third-order valence-electron chi connectivity index (χ3n) is 5.43. The van der Waals surface area contributed by atoms with E-state index in [9.17, 15) is 18.0 Å². The molecule has 1 aromatic heterocycles. The van der Waals surface area contributed by atoms with Crippen LogP contribution in [0.3, 0.4) is 0 Å². The van der Waals surface area contributed by atoms with Gasteiger partial charge in [0, 0.05) is 23.5 Å². The van der Waals surface area contributed by atoms with Gasteiger partial charge < -0.3 is 10.1 Å². The monoisotopic (exact) mass is 492 g/mol. The number of ether oxygens (including phenoxy) is 1. The van der Waals surface area contributed by atoms with Gasteiger partial charge in [-0.25, -0.2) is 13.2 Å². The minimum Gasteiger partial charge on any atom is -0.465 e. The summed E-state index contributed by atoms with van der Waals surface area (Å²) in [5.41, 5.74) is 1.71. The van der Waals surface area contributed by atoms with Crippen molar-refractivity contribution in [2.24, 2.45) is 11.8 Å². The van der Waals surface area contributed by atoms with Crippen LogP contribution in [0.2, 0.25) is 0 Å². The van der Waals surface area contributed by atoms with E-state index in [1.54, 1.807) is 0 Å². The number of methoxy groups -OCH3 is 1. The van der Waals surface area contributed by atoms with Crippen molar-refractivity contribution in [1.82, 2.24) is 4.31 Å². The molecule has 180 valence electrons. The molecule has 1 amide bonds. The average molecular weight is 493 g/mol. The highest BCUT2D eigenvalue weighted by Crippen LogP contribution is 2.39. The molecule has 0 bridgehead atoms. The topological polar surface area (TPSA) is 92.8 Å². The first-order chi connectivity index (χ1) is 15.5. The van der Waals surface area contributed by atoms with Crippen LogP contribution in [0.1, 0.15) is 65.3 Å². The van der Waals surface area contributed by atoms with Crippen LogP contribution >= 0.6 is 11.3 Å². The maximum atomic E-state index is 13.2. The maximum Gasteiger partial charge on any atom is 0.341 e. The molecule has 3 rings (SSSR count). The van der Waals surface area contributed by atoms with Gasteiger partial charge in [-0.05, 0) is 60.9 Å². The summed E-state index contributed by atoms with van der Waals surface area (Å²) in [4.78, 5) is 26.4. The molecule has 1 N–H and O–H groups in total. The Morgan fingerprint density at radius 2 is 1.67 bits per heavy atom. The summed E-state index contributed by atoms with van der Waals surface area (Å²) in [5, 5.41) is 3.30. The van der Waals surface area contributed by atoms with Gasteiger partial charge in [0.05, 0.1) is 17.6 Å². The fraction of sp³-hybridized carbons (Fsp3) is 0.500. The van der Waals surface area contributed by atoms with E-state index in [1.807, 2.05) is 27.7 Å². The molecule has 0 radical (unpaired) electrons. The van der Waals surface area contributed by atoms with Crippen molar-refractivity contribution < 1.29 is 22.7 Å². The first kappa shape index (κ1) is 25.4. The minimum absolute atomic E-state index is 0.158. The summed E-state index contributed by atoms with van der Waals surface area (Å²) in [6.07, 6.45) is 2.66. The molecule has 7 nitrogen and oxygen atoms in total. The van der Waals surface area contributed by atoms with Crippen LogP contribution in [0.5, 0.6) is 0 Å². The van der Waals surface area contributed by atoms with Crippen LogP contribution in [0.15, 0.2) is 29.2 Å². The van der Waals surface area contributed by atoms with Gasteiger partial charge in [0.2, 0.25) is 10.0 Å². The first-order valence-electron chi connectivity index (χ1n) is 11.2. The van der Waals surface area contributed by atoms with Crippen molar-refractivity contribution in [2.75, 3.05) is 25.5 Å². The quantitative estimate of drug-likeness (QED) is 0.517. The number of esters is 1. The zero-order chi connectivity index (χ0) is 24.3. The lowest BCUT2D eigenvalue weighted by molar-refractivity contribution is 0.0601. The molecule has 33 heavy (non-hydrogen) atoms. The normalized spacial score (nSPS) is 13.6. The van der Waals surface area contributed by atoms with Gasteiger partial charge in [0.25, 0.3) is 5.91 Å². The smallest absolute Gasteiger partial charge is 0.341 e. The van der Waals surface area contributed by atoms with Crippen molar-refractivity contribution in [1.29, 1.82) is 0 Å². The van der Waals surface area contributed by atoms with E-state index in [2.05, 4.69) is 5.32 Å². The van der Waals surface area contributed by atoms with Crippen LogP contribution in [-0.2, 0) is 27.6 Å². The van der Waals surface area contributed by atoms with Crippen molar-refractivity contribution in [2.45, 2.75) is 51.9 Å². The fourth-order valence-electron chi connectivity index (χ4n) is 4.00. The van der Waals surface area contributed by atoms with Gasteiger partial charge in [0.15, 0.2) is 0 Å². The van der Waals surface area contributed by atoms with Crippen LogP contribution in [0, 0.1) is 11.8 Å². The Morgan fingerprint density at radius 3 is 2.21 bits per heavy atom. The molecule has 0 aliphatic heterocycles. The molecule has 1 aliphatic rings. The zero-order valence-electron chi connectivity index (χ0n) is 19.8. The lowest BCUT2D eigenvalue weighted by Crippen LogP contribution is -2.37. The number of aryl methyl sites for hydroxylation is 1. The highest BCUT2D eigenvalue weighted by Gasteiger charge is 2.29. The van der Waals surface area contributed by atoms with Gasteiger partial charge in [-0.15, -0.1) is 11.3 Å². The highest BCUT2D eigenvalue weighted by molar-refractivity contribution is 7.89. The van der Waals surface area contributed by atoms with Gasteiger partial charge in [0.1, 0.15) is 5.00 Å². The number of sulfonamides is 1. The van der Waals surface area contributed by atoms with E-state index in [1.165, 1.54) is 47.0 Å². The number of thiophene rings is 1. The Bertz CT molecular complexity index is 1110. The van der Waals surface area contributed by atoms with Crippen LogP contribution in [0.4, 0.5) is 5.00 Å². The lowest BCUT2D eigenvalue weighted by Gasteiger charge is -2.25. The predicted octanol–water partition coefficient (Wildman–Crippen LogP) is 4.58. The van der Waals surface area contributed by atoms with Gasteiger partial charge >= 0.3 is 5.97 Å². The Hall–Kier alpha value is -2.23. The molecule has 1 aromatic carbocycles. The van der Waals surface area contributed by atoms with E-state index in [0.29, 0.717) is 29.2 Å². The standard InChI is InChI=1S/C24H32N2O5S2/c1-15(2)13-26(14-16(3)4)33(29,30)18-11-9-17(10-12-18)22(27)25-23-21(24(28)31-5)19-7-6-8-20(19)32-23/h9-12,15-16H,6-8,13-14H2,1-5H3,(H,25,27). The number of carbonyl (C=O) groups is 2. The van der Waals surface area contributed by atoms with Gasteiger partial charge in [-0.2, -0.15) is 4.31 Å². The number of hydrogen-bond acceptors (Lipinski definition) is 6. The Labute approximate surface area is 200 Å². The number of carbonyl (C=O) groups excluding carboxylic acids is 2. The third kappa shape index (κ3) is 5.65. The summed E-state index contributed by atoms with van der Waals surface area (Å²) in [6, 6.07) is 5.94. The number of benzene rings is 1. The lowest BCUT2D eigenvalue weighted by atomic mass is 10.1.